The number of allylic oxidation sites excluding steroid dienone is 1. The van der Waals surface area contributed by atoms with Gasteiger partial charge in [-0.25, -0.2) is 4.79 Å². The summed E-state index contributed by atoms with van der Waals surface area (Å²) in [7, 11) is 0. The van der Waals surface area contributed by atoms with E-state index in [4.69, 9.17) is 9.47 Å². The van der Waals surface area contributed by atoms with Crippen molar-refractivity contribution in [2.24, 2.45) is 0 Å². The molecule has 19 heavy (non-hydrogen) atoms. The van der Waals surface area contributed by atoms with Crippen molar-refractivity contribution in [3.63, 3.8) is 0 Å². The number of carbonyl (C=O) groups is 2. The Balaban J connectivity index is 2.41. The lowest BCUT2D eigenvalue weighted by Crippen LogP contribution is -2.36. The molecule has 0 saturated carbocycles. The van der Waals surface area contributed by atoms with Crippen LogP contribution in [0.4, 0.5) is 0 Å². The van der Waals surface area contributed by atoms with Crippen molar-refractivity contribution in [3.05, 3.63) is 47.7 Å². The Morgan fingerprint density at radius 1 is 1.16 bits per heavy atom. The average molecular weight is 260 g/mol. The highest BCUT2D eigenvalue weighted by Gasteiger charge is 2.35. The third kappa shape index (κ3) is 3.02. The topological polar surface area (TPSA) is 52.6 Å². The molecule has 1 unspecified atom stereocenters. The Kier molecular flexibility index (Phi) is 3.42. The second-order valence-electron chi connectivity index (χ2n) is 4.92. The Labute approximate surface area is 112 Å². The molecule has 1 heterocycles. The summed E-state index contributed by atoms with van der Waals surface area (Å²) >= 11 is 0. The zero-order chi connectivity index (χ0) is 14.0. The number of ketones is 1. The zero-order valence-corrected chi connectivity index (χ0v) is 11.2. The number of carbonyl (C=O) groups excluding carboxylic acids is 2. The van der Waals surface area contributed by atoms with E-state index >= 15 is 0 Å². The van der Waals surface area contributed by atoms with Gasteiger partial charge in [-0.1, -0.05) is 30.3 Å². The van der Waals surface area contributed by atoms with Crippen molar-refractivity contribution in [3.8, 4) is 0 Å². The molecule has 0 spiro atoms. The summed E-state index contributed by atoms with van der Waals surface area (Å²) in [6.07, 6.45) is 1.24. The first-order valence-electron chi connectivity index (χ1n) is 6.08. The summed E-state index contributed by atoms with van der Waals surface area (Å²) in [5.74, 6) is -1.87. The normalized spacial score (nSPS) is 18.9. The molecule has 0 aromatic heterocycles. The van der Waals surface area contributed by atoms with Crippen LogP contribution in [0.5, 0.6) is 0 Å². The molecule has 1 aromatic rings. The molecule has 0 saturated heterocycles. The van der Waals surface area contributed by atoms with E-state index in [0.717, 1.165) is 5.56 Å². The van der Waals surface area contributed by atoms with Gasteiger partial charge < -0.3 is 9.47 Å². The van der Waals surface area contributed by atoms with Crippen molar-refractivity contribution in [1.29, 1.82) is 0 Å². The van der Waals surface area contributed by atoms with Crippen LogP contribution in [-0.2, 0) is 19.1 Å². The molecule has 100 valence electrons. The predicted molar refractivity (Wildman–Crippen MR) is 69.2 cm³/mol. The van der Waals surface area contributed by atoms with Crippen molar-refractivity contribution >= 4 is 11.8 Å². The molecule has 1 aliphatic heterocycles. The quantitative estimate of drug-likeness (QED) is 0.784. The lowest BCUT2D eigenvalue weighted by Gasteiger charge is -2.33. The predicted octanol–water partition coefficient (Wildman–Crippen LogP) is 2.55. The SMILES string of the molecule is CC(=O)C(C1=CC(=O)OC(C)(C)O1)c1ccccc1. The minimum Gasteiger partial charge on any atom is -0.456 e. The van der Waals surface area contributed by atoms with E-state index in [-0.39, 0.29) is 5.78 Å². The molecule has 1 aliphatic rings. The van der Waals surface area contributed by atoms with Crippen LogP contribution in [-0.4, -0.2) is 17.5 Å². The number of Topliss-reactive ketones (excluding diaryl/α,β-unsaturated/α-hetero) is 1. The van der Waals surface area contributed by atoms with E-state index in [1.807, 2.05) is 30.3 Å². The fraction of sp³-hybridized carbons (Fsp3) is 0.333. The van der Waals surface area contributed by atoms with Gasteiger partial charge in [0.15, 0.2) is 0 Å². The first kappa shape index (κ1) is 13.3. The number of hydrogen-bond donors (Lipinski definition) is 0. The van der Waals surface area contributed by atoms with Crippen LogP contribution in [0.15, 0.2) is 42.2 Å². The standard InChI is InChI=1S/C15H16O4/c1-10(16)14(11-7-5-4-6-8-11)12-9-13(17)19-15(2,3)18-12/h4-9,14H,1-3H3. The van der Waals surface area contributed by atoms with Crippen molar-refractivity contribution < 1.29 is 19.1 Å². The lowest BCUT2D eigenvalue weighted by atomic mass is 9.92. The fourth-order valence-electron chi connectivity index (χ4n) is 2.11. The van der Waals surface area contributed by atoms with Gasteiger partial charge in [0.2, 0.25) is 5.79 Å². The molecule has 2 rings (SSSR count). The third-order valence-corrected chi connectivity index (χ3v) is 2.79. The van der Waals surface area contributed by atoms with Gasteiger partial charge in [-0.2, -0.15) is 0 Å². The molecule has 0 amide bonds. The molecule has 0 bridgehead atoms. The number of cyclic esters (lactones) is 1. The maximum absolute atomic E-state index is 11.9. The lowest BCUT2D eigenvalue weighted by molar-refractivity contribution is -0.206. The maximum atomic E-state index is 11.9. The van der Waals surface area contributed by atoms with Gasteiger partial charge in [-0.05, 0) is 12.5 Å². The summed E-state index contributed by atoms with van der Waals surface area (Å²) in [4.78, 5) is 23.4. The van der Waals surface area contributed by atoms with Crippen molar-refractivity contribution in [2.75, 3.05) is 0 Å². The molecule has 0 fully saturated rings. The molecular weight excluding hydrogens is 244 g/mol. The maximum Gasteiger partial charge on any atom is 0.337 e. The van der Waals surface area contributed by atoms with Crippen molar-refractivity contribution in [1.82, 2.24) is 0 Å². The van der Waals surface area contributed by atoms with Crippen LogP contribution in [0.1, 0.15) is 32.3 Å². The van der Waals surface area contributed by atoms with E-state index in [1.54, 1.807) is 13.8 Å². The molecule has 4 heteroatoms. The van der Waals surface area contributed by atoms with Crippen LogP contribution < -0.4 is 0 Å². The fourth-order valence-corrected chi connectivity index (χ4v) is 2.11. The summed E-state index contributed by atoms with van der Waals surface area (Å²) in [6, 6.07) is 9.23. The van der Waals surface area contributed by atoms with Crippen LogP contribution in [0.3, 0.4) is 0 Å². The molecule has 0 aliphatic carbocycles. The van der Waals surface area contributed by atoms with Crippen LogP contribution >= 0.6 is 0 Å². The summed E-state index contributed by atoms with van der Waals surface area (Å²) < 4.78 is 10.6. The van der Waals surface area contributed by atoms with Gasteiger partial charge in [-0.3, -0.25) is 4.79 Å². The second kappa shape index (κ2) is 4.88. The minimum atomic E-state index is -1.05. The molecule has 0 N–H and O–H groups in total. The van der Waals surface area contributed by atoms with Gasteiger partial charge in [-0.15, -0.1) is 0 Å². The van der Waals surface area contributed by atoms with Crippen LogP contribution in [0, 0.1) is 0 Å². The Bertz CT molecular complexity index is 528. The summed E-state index contributed by atoms with van der Waals surface area (Å²) in [6.45, 7) is 4.76. The highest BCUT2D eigenvalue weighted by atomic mass is 16.7. The Hall–Kier alpha value is -2.10. The molecular formula is C15H16O4. The van der Waals surface area contributed by atoms with E-state index in [9.17, 15) is 9.59 Å². The van der Waals surface area contributed by atoms with Crippen LogP contribution in [0.2, 0.25) is 0 Å². The average Bonchev–Trinajstić information content (AvgIpc) is 2.27. The van der Waals surface area contributed by atoms with E-state index < -0.39 is 17.7 Å². The largest absolute Gasteiger partial charge is 0.456 e. The first-order valence-corrected chi connectivity index (χ1v) is 6.08. The van der Waals surface area contributed by atoms with Gasteiger partial charge in [0.05, 0.1) is 6.08 Å². The number of ether oxygens (including phenoxy) is 2. The van der Waals surface area contributed by atoms with Gasteiger partial charge in [0, 0.05) is 13.8 Å². The van der Waals surface area contributed by atoms with E-state index in [2.05, 4.69) is 0 Å². The highest BCUT2D eigenvalue weighted by molar-refractivity contribution is 5.90. The summed E-state index contributed by atoms with van der Waals surface area (Å²) in [5.41, 5.74) is 0.798. The van der Waals surface area contributed by atoms with Gasteiger partial charge in [0.1, 0.15) is 17.5 Å². The Morgan fingerprint density at radius 3 is 2.32 bits per heavy atom. The zero-order valence-electron chi connectivity index (χ0n) is 11.2. The molecule has 1 aromatic carbocycles. The Morgan fingerprint density at radius 2 is 1.79 bits per heavy atom. The second-order valence-corrected chi connectivity index (χ2v) is 4.92. The third-order valence-electron chi connectivity index (χ3n) is 2.79. The number of benzene rings is 1. The molecule has 0 radical (unpaired) electrons. The monoisotopic (exact) mass is 260 g/mol. The van der Waals surface area contributed by atoms with E-state index in [0.29, 0.717) is 5.76 Å². The summed E-state index contributed by atoms with van der Waals surface area (Å²) in [5, 5.41) is 0. The molecule has 4 nitrogen and oxygen atoms in total. The number of esters is 1. The van der Waals surface area contributed by atoms with Crippen molar-refractivity contribution in [2.45, 2.75) is 32.5 Å². The van der Waals surface area contributed by atoms with Gasteiger partial charge >= 0.3 is 5.97 Å². The van der Waals surface area contributed by atoms with E-state index in [1.165, 1.54) is 13.0 Å². The number of rotatable bonds is 3. The minimum absolute atomic E-state index is 0.0806. The molecule has 1 atom stereocenters. The van der Waals surface area contributed by atoms with Crippen LogP contribution in [0.25, 0.3) is 0 Å². The smallest absolute Gasteiger partial charge is 0.337 e. The van der Waals surface area contributed by atoms with Gasteiger partial charge in [0.25, 0.3) is 0 Å². The highest BCUT2D eigenvalue weighted by Crippen LogP contribution is 2.33. The number of hydrogen-bond acceptors (Lipinski definition) is 4. The first-order chi connectivity index (χ1) is 8.89.